The Balaban J connectivity index is 1.96. The highest BCUT2D eigenvalue weighted by Gasteiger charge is 2.31. The molecule has 0 bridgehead atoms. The maximum atomic E-state index is 13.1. The zero-order chi connectivity index (χ0) is 20.0. The molecule has 0 fully saturated rings. The number of benzene rings is 2. The molecule has 0 radical (unpaired) electrons. The number of carbonyl (C=O) groups is 1. The van der Waals surface area contributed by atoms with E-state index in [9.17, 15) is 14.7 Å². The van der Waals surface area contributed by atoms with Crippen molar-refractivity contribution in [2.75, 3.05) is 6.61 Å². The fraction of sp³-hybridized carbons (Fsp3) is 0.200. The van der Waals surface area contributed by atoms with Crippen molar-refractivity contribution in [3.05, 3.63) is 66.8 Å². The minimum atomic E-state index is -0.848. The molecule has 1 atom stereocenters. The van der Waals surface area contributed by atoms with E-state index in [1.54, 1.807) is 19.1 Å². The van der Waals surface area contributed by atoms with E-state index in [0.29, 0.717) is 21.1 Å². The van der Waals surface area contributed by atoms with Gasteiger partial charge in [0.15, 0.2) is 5.56 Å². The van der Waals surface area contributed by atoms with E-state index in [1.807, 2.05) is 24.3 Å². The summed E-state index contributed by atoms with van der Waals surface area (Å²) in [5, 5.41) is 11.0. The lowest BCUT2D eigenvalue weighted by Gasteiger charge is -2.29. The SMILES string of the molecule is CCOC(=O)c1c(O)c2c(Br)ccc3c2n(c1=O)CC(c1ccc(Br)cc1)O3. The summed E-state index contributed by atoms with van der Waals surface area (Å²) in [4.78, 5) is 25.5. The third-order valence-corrected chi connectivity index (χ3v) is 5.82. The van der Waals surface area contributed by atoms with Gasteiger partial charge in [-0.05, 0) is 52.7 Å². The van der Waals surface area contributed by atoms with Crippen LogP contribution in [0.15, 0.2) is 50.1 Å². The number of aromatic hydroxyl groups is 1. The van der Waals surface area contributed by atoms with Crippen molar-refractivity contribution in [2.45, 2.75) is 19.6 Å². The van der Waals surface area contributed by atoms with Crippen LogP contribution in [0.25, 0.3) is 10.9 Å². The number of aromatic nitrogens is 1. The molecular weight excluding hydrogens is 494 g/mol. The lowest BCUT2D eigenvalue weighted by atomic mass is 10.0. The number of carbonyl (C=O) groups excluding carboxylic acids is 1. The van der Waals surface area contributed by atoms with Crippen molar-refractivity contribution in [2.24, 2.45) is 0 Å². The van der Waals surface area contributed by atoms with Gasteiger partial charge in [0.1, 0.15) is 17.6 Å². The van der Waals surface area contributed by atoms with Gasteiger partial charge in [0, 0.05) is 8.95 Å². The molecule has 0 amide bonds. The highest BCUT2D eigenvalue weighted by Crippen LogP contribution is 2.42. The third kappa shape index (κ3) is 3.00. The maximum Gasteiger partial charge on any atom is 0.347 e. The van der Waals surface area contributed by atoms with Crippen molar-refractivity contribution < 1.29 is 19.4 Å². The number of rotatable bonds is 3. The van der Waals surface area contributed by atoms with E-state index in [2.05, 4.69) is 31.9 Å². The Labute approximate surface area is 176 Å². The second kappa shape index (κ2) is 7.25. The van der Waals surface area contributed by atoms with Crippen molar-refractivity contribution in [3.63, 3.8) is 0 Å². The van der Waals surface area contributed by atoms with Gasteiger partial charge in [-0.25, -0.2) is 4.79 Å². The summed E-state index contributed by atoms with van der Waals surface area (Å²) in [6.45, 7) is 1.94. The van der Waals surface area contributed by atoms with Crippen molar-refractivity contribution >= 4 is 48.7 Å². The lowest BCUT2D eigenvalue weighted by Crippen LogP contribution is -2.33. The highest BCUT2D eigenvalue weighted by molar-refractivity contribution is 9.11. The molecule has 28 heavy (non-hydrogen) atoms. The topological polar surface area (TPSA) is 77.8 Å². The van der Waals surface area contributed by atoms with E-state index in [4.69, 9.17) is 9.47 Å². The quantitative estimate of drug-likeness (QED) is 0.525. The van der Waals surface area contributed by atoms with Gasteiger partial charge < -0.3 is 14.6 Å². The summed E-state index contributed by atoms with van der Waals surface area (Å²) in [5.74, 6) is -0.797. The molecule has 144 valence electrons. The first kappa shape index (κ1) is 19.0. The number of esters is 1. The van der Waals surface area contributed by atoms with Gasteiger partial charge in [0.05, 0.1) is 24.1 Å². The average Bonchev–Trinajstić information content (AvgIpc) is 2.67. The first-order valence-electron chi connectivity index (χ1n) is 8.59. The Kier molecular flexibility index (Phi) is 4.93. The molecule has 0 aliphatic carbocycles. The van der Waals surface area contributed by atoms with Crippen molar-refractivity contribution in [1.82, 2.24) is 4.57 Å². The molecule has 1 aliphatic heterocycles. The zero-order valence-electron chi connectivity index (χ0n) is 14.7. The number of ether oxygens (including phenoxy) is 2. The highest BCUT2D eigenvalue weighted by atomic mass is 79.9. The molecule has 8 heteroatoms. The average molecular weight is 509 g/mol. The van der Waals surface area contributed by atoms with Gasteiger partial charge in [-0.15, -0.1) is 0 Å². The fourth-order valence-electron chi connectivity index (χ4n) is 3.37. The number of pyridine rings is 1. The molecule has 4 rings (SSSR count). The van der Waals surface area contributed by atoms with Crippen LogP contribution in [-0.2, 0) is 11.3 Å². The van der Waals surface area contributed by atoms with Crippen LogP contribution in [0.1, 0.15) is 28.9 Å². The van der Waals surface area contributed by atoms with Gasteiger partial charge >= 0.3 is 5.97 Å². The van der Waals surface area contributed by atoms with Crippen LogP contribution in [0.3, 0.4) is 0 Å². The zero-order valence-corrected chi connectivity index (χ0v) is 17.9. The summed E-state index contributed by atoms with van der Waals surface area (Å²) in [5.41, 5.74) is 0.359. The van der Waals surface area contributed by atoms with Crippen LogP contribution in [-0.4, -0.2) is 22.2 Å². The van der Waals surface area contributed by atoms with Gasteiger partial charge in [-0.3, -0.25) is 9.36 Å². The second-order valence-electron chi connectivity index (χ2n) is 6.29. The van der Waals surface area contributed by atoms with E-state index in [-0.39, 0.29) is 18.7 Å². The smallest absolute Gasteiger partial charge is 0.347 e. The van der Waals surface area contributed by atoms with E-state index in [1.165, 1.54) is 4.57 Å². The van der Waals surface area contributed by atoms with E-state index >= 15 is 0 Å². The summed E-state index contributed by atoms with van der Waals surface area (Å²) in [6.07, 6.45) is -0.415. The molecule has 3 aromatic rings. The Morgan fingerprint density at radius 2 is 1.96 bits per heavy atom. The maximum absolute atomic E-state index is 13.1. The molecule has 2 aromatic carbocycles. The number of hydrogen-bond donors (Lipinski definition) is 1. The van der Waals surface area contributed by atoms with Crippen molar-refractivity contribution in [3.8, 4) is 11.5 Å². The van der Waals surface area contributed by atoms with Crippen LogP contribution in [0.4, 0.5) is 0 Å². The predicted molar refractivity (Wildman–Crippen MR) is 111 cm³/mol. The van der Waals surface area contributed by atoms with E-state index < -0.39 is 23.4 Å². The first-order valence-corrected chi connectivity index (χ1v) is 10.2. The minimum Gasteiger partial charge on any atom is -0.506 e. The molecule has 0 saturated carbocycles. The van der Waals surface area contributed by atoms with Crippen LogP contribution >= 0.6 is 31.9 Å². The first-order chi connectivity index (χ1) is 13.4. The lowest BCUT2D eigenvalue weighted by molar-refractivity contribution is 0.0519. The van der Waals surface area contributed by atoms with Crippen LogP contribution < -0.4 is 10.3 Å². The Bertz CT molecular complexity index is 1150. The number of hydrogen-bond acceptors (Lipinski definition) is 5. The van der Waals surface area contributed by atoms with Gasteiger partial charge in [0.2, 0.25) is 0 Å². The number of halogens is 2. The summed E-state index contributed by atoms with van der Waals surface area (Å²) >= 11 is 6.80. The third-order valence-electron chi connectivity index (χ3n) is 4.63. The Morgan fingerprint density at radius 1 is 1.25 bits per heavy atom. The predicted octanol–water partition coefficient (Wildman–Crippen LogP) is 4.54. The molecule has 1 N–H and O–H groups in total. The van der Waals surface area contributed by atoms with Gasteiger partial charge in [-0.1, -0.05) is 28.1 Å². The van der Waals surface area contributed by atoms with Crippen molar-refractivity contribution in [1.29, 1.82) is 0 Å². The Hall–Kier alpha value is -2.32. The minimum absolute atomic E-state index is 0.0988. The molecular formula is C20H15Br2NO5. The summed E-state index contributed by atoms with van der Waals surface area (Å²) in [6, 6.07) is 11.1. The van der Waals surface area contributed by atoms with Gasteiger partial charge in [0.25, 0.3) is 5.56 Å². The molecule has 1 unspecified atom stereocenters. The number of nitrogens with zero attached hydrogens (tertiary/aromatic N) is 1. The normalized spacial score (nSPS) is 15.3. The van der Waals surface area contributed by atoms with Crippen LogP contribution in [0, 0.1) is 0 Å². The fourth-order valence-corrected chi connectivity index (χ4v) is 4.14. The monoisotopic (exact) mass is 507 g/mol. The molecule has 1 aromatic heterocycles. The molecule has 0 saturated heterocycles. The molecule has 0 spiro atoms. The summed E-state index contributed by atoms with van der Waals surface area (Å²) in [7, 11) is 0. The van der Waals surface area contributed by atoms with Crippen LogP contribution in [0.2, 0.25) is 0 Å². The molecule has 2 heterocycles. The van der Waals surface area contributed by atoms with Gasteiger partial charge in [-0.2, -0.15) is 0 Å². The Morgan fingerprint density at radius 3 is 2.64 bits per heavy atom. The molecule has 1 aliphatic rings. The summed E-state index contributed by atoms with van der Waals surface area (Å²) < 4.78 is 14.1. The standard InChI is InChI=1S/C20H15Br2NO5/c1-2-27-20(26)16-18(24)15-12(22)7-8-13-17(15)23(19(16)25)9-14(28-13)10-3-5-11(21)6-4-10/h3-8,14,24H,2,9H2,1H3. The van der Waals surface area contributed by atoms with E-state index in [0.717, 1.165) is 10.0 Å². The molecule has 6 nitrogen and oxygen atoms in total. The second-order valence-corrected chi connectivity index (χ2v) is 8.06. The van der Waals surface area contributed by atoms with Crippen LogP contribution in [0.5, 0.6) is 11.5 Å². The largest absolute Gasteiger partial charge is 0.506 e.